The second kappa shape index (κ2) is 15.6. The summed E-state index contributed by atoms with van der Waals surface area (Å²) in [5, 5.41) is 5.98. The molecule has 4 aromatic rings. The first kappa shape index (κ1) is 35.3. The normalized spacial score (nSPS) is 19.2. The van der Waals surface area contributed by atoms with Crippen LogP contribution in [-0.4, -0.2) is 97.6 Å². The molecule has 8 rings (SSSR count). The van der Waals surface area contributed by atoms with Crippen molar-refractivity contribution in [2.75, 3.05) is 47.0 Å². The van der Waals surface area contributed by atoms with Crippen molar-refractivity contribution in [3.63, 3.8) is 0 Å². The zero-order chi connectivity index (χ0) is 36.9. The van der Waals surface area contributed by atoms with E-state index >= 15 is 0 Å². The predicted molar refractivity (Wildman–Crippen MR) is 194 cm³/mol. The number of ether oxygens (including phenoxy) is 4. The molecule has 5 heterocycles. The van der Waals surface area contributed by atoms with E-state index in [0.29, 0.717) is 65.6 Å². The number of rotatable bonds is 4. The zero-order valence-corrected chi connectivity index (χ0v) is 29.6. The summed E-state index contributed by atoms with van der Waals surface area (Å²) in [6.45, 7) is 1.41. The summed E-state index contributed by atoms with van der Waals surface area (Å²) in [6.07, 6.45) is 3.61. The van der Waals surface area contributed by atoms with Gasteiger partial charge in [0.1, 0.15) is 29.1 Å². The van der Waals surface area contributed by atoms with Gasteiger partial charge in [-0.1, -0.05) is 18.2 Å². The van der Waals surface area contributed by atoms with Crippen LogP contribution in [0.2, 0.25) is 0 Å². The lowest BCUT2D eigenvalue weighted by atomic mass is 9.95. The molecule has 0 spiro atoms. The number of methoxy groups -OCH3 is 2. The van der Waals surface area contributed by atoms with Crippen molar-refractivity contribution in [1.82, 2.24) is 25.4 Å². The monoisotopic (exact) mass is 719 g/mol. The van der Waals surface area contributed by atoms with Gasteiger partial charge < -0.3 is 39.4 Å². The van der Waals surface area contributed by atoms with Gasteiger partial charge in [0.05, 0.1) is 32.4 Å². The molecule has 2 saturated heterocycles. The van der Waals surface area contributed by atoms with E-state index < -0.39 is 12.1 Å². The number of carbonyl (C=O) groups is 4. The first-order chi connectivity index (χ1) is 25.8. The van der Waals surface area contributed by atoms with Crippen molar-refractivity contribution in [2.45, 2.75) is 31.5 Å². The number of hydrogen-bond acceptors (Lipinski definition) is 9. The maximum atomic E-state index is 14.0. The third-order valence-corrected chi connectivity index (χ3v) is 9.90. The Balaban J connectivity index is 1.11. The minimum Gasteiger partial charge on any atom is -0.497 e. The molecule has 2 atom stereocenters. The Hall–Kier alpha value is -6.11. The summed E-state index contributed by atoms with van der Waals surface area (Å²) in [4.78, 5) is 61.5. The van der Waals surface area contributed by atoms with E-state index in [1.807, 2.05) is 12.1 Å². The van der Waals surface area contributed by atoms with E-state index in [9.17, 15) is 19.2 Å². The lowest BCUT2D eigenvalue weighted by Gasteiger charge is -2.33. The third kappa shape index (κ3) is 8.03. The van der Waals surface area contributed by atoms with Crippen molar-refractivity contribution >= 4 is 23.6 Å². The number of benzene rings is 3. The van der Waals surface area contributed by atoms with E-state index in [2.05, 4.69) is 15.6 Å². The Morgan fingerprint density at radius 2 is 1.64 bits per heavy atom. The fourth-order valence-corrected chi connectivity index (χ4v) is 6.99. The molecule has 0 saturated carbocycles. The molecular weight excluding hydrogens is 678 g/mol. The second-order valence-corrected chi connectivity index (χ2v) is 13.3. The van der Waals surface area contributed by atoms with Gasteiger partial charge in [-0.3, -0.25) is 24.2 Å². The van der Waals surface area contributed by atoms with Crippen LogP contribution in [0.15, 0.2) is 85.2 Å². The number of nitrogens with zero attached hydrogens (tertiary/aromatic N) is 3. The molecule has 1 aromatic heterocycles. The molecule has 274 valence electrons. The molecule has 0 radical (unpaired) electrons. The summed E-state index contributed by atoms with van der Waals surface area (Å²) < 4.78 is 23.2. The van der Waals surface area contributed by atoms with Crippen molar-refractivity contribution in [2.24, 2.45) is 5.92 Å². The van der Waals surface area contributed by atoms with Crippen LogP contribution in [0.1, 0.15) is 39.1 Å². The number of nitrogens with one attached hydrogen (secondary N) is 2. The van der Waals surface area contributed by atoms with Crippen molar-refractivity contribution in [1.29, 1.82) is 0 Å². The molecule has 0 aliphatic carbocycles. The van der Waals surface area contributed by atoms with E-state index in [1.54, 1.807) is 83.8 Å². The number of carbonyl (C=O) groups excluding carboxylic acids is 4. The van der Waals surface area contributed by atoms with Crippen LogP contribution in [0.25, 0.3) is 11.1 Å². The molecule has 4 aliphatic heterocycles. The smallest absolute Gasteiger partial charge is 0.258 e. The summed E-state index contributed by atoms with van der Waals surface area (Å²) in [6, 6.07) is 20.8. The Bertz CT molecular complexity index is 2010. The van der Waals surface area contributed by atoms with E-state index in [0.717, 1.165) is 11.1 Å². The van der Waals surface area contributed by atoms with E-state index in [1.165, 1.54) is 13.3 Å². The second-order valence-electron chi connectivity index (χ2n) is 13.3. The molecule has 0 unspecified atom stereocenters. The topological polar surface area (TPSA) is 149 Å². The number of hydrogen-bond donors (Lipinski definition) is 2. The highest BCUT2D eigenvalue weighted by atomic mass is 16.5. The van der Waals surface area contributed by atoms with Crippen LogP contribution >= 0.6 is 0 Å². The van der Waals surface area contributed by atoms with Crippen LogP contribution in [-0.2, 0) is 16.1 Å². The number of pyridine rings is 1. The average Bonchev–Trinajstić information content (AvgIpc) is 3.60. The Morgan fingerprint density at radius 3 is 2.45 bits per heavy atom. The molecular formula is C40H41N5O8. The highest BCUT2D eigenvalue weighted by Crippen LogP contribution is 2.30. The quantitative estimate of drug-likeness (QED) is 0.322. The first-order valence-electron chi connectivity index (χ1n) is 17.6. The molecule has 2 N–H and O–H groups in total. The summed E-state index contributed by atoms with van der Waals surface area (Å²) in [7, 11) is 3.10. The van der Waals surface area contributed by atoms with Gasteiger partial charge in [0.25, 0.3) is 17.7 Å². The van der Waals surface area contributed by atoms with Crippen molar-refractivity contribution in [3.8, 4) is 34.1 Å². The van der Waals surface area contributed by atoms with Gasteiger partial charge in [0, 0.05) is 67.2 Å². The SMILES string of the molecule is COc1cccc(C(=O)N2CCC(C(=O)N3C[C@@H]4NC(=O)c5cncc(c5)-c5cccc(c5)OCC(=O)NCc5ccc(cc5OC)O[C@H]4C3)CC2)c1. The van der Waals surface area contributed by atoms with Gasteiger partial charge in [-0.15, -0.1) is 0 Å². The summed E-state index contributed by atoms with van der Waals surface area (Å²) in [5.74, 6) is 1.03. The van der Waals surface area contributed by atoms with Crippen LogP contribution in [0.5, 0.6) is 23.0 Å². The number of likely N-dealkylation sites (tertiary alicyclic amines) is 2. The molecule has 13 nitrogen and oxygen atoms in total. The number of aromatic nitrogens is 1. The van der Waals surface area contributed by atoms with Crippen LogP contribution < -0.4 is 29.6 Å². The Kier molecular flexibility index (Phi) is 10.4. The lowest BCUT2D eigenvalue weighted by molar-refractivity contribution is -0.136. The minimum atomic E-state index is -0.580. The van der Waals surface area contributed by atoms with Crippen molar-refractivity contribution < 1.29 is 38.1 Å². The maximum absolute atomic E-state index is 14.0. The molecule has 3 aromatic carbocycles. The Morgan fingerprint density at radius 1 is 0.830 bits per heavy atom. The van der Waals surface area contributed by atoms with Crippen molar-refractivity contribution in [3.05, 3.63) is 102 Å². The standard InChI is InChI=1S/C40H41N5O8/c1-50-31-7-4-6-27(17-31)40(49)44-13-11-25(12-14-44)39(48)45-22-34-36(23-45)53-33-10-9-28(35(18-33)51-2)21-42-37(46)24-52-32-8-3-5-26(16-32)29-15-30(20-41-19-29)38(47)43-34/h3-10,15-20,25,34,36H,11-14,21-24H2,1-2H3,(H,42,46)(H,43,47)/t34-,36-/m0/s1. The molecule has 4 aliphatic rings. The average molecular weight is 720 g/mol. The highest BCUT2D eigenvalue weighted by Gasteiger charge is 2.41. The lowest BCUT2D eigenvalue weighted by Crippen LogP contribution is -2.46. The molecule has 4 amide bonds. The molecule has 13 heteroatoms. The fourth-order valence-electron chi connectivity index (χ4n) is 6.99. The van der Waals surface area contributed by atoms with Gasteiger partial charge in [-0.25, -0.2) is 0 Å². The van der Waals surface area contributed by atoms with Crippen LogP contribution in [0.4, 0.5) is 0 Å². The number of amides is 4. The maximum Gasteiger partial charge on any atom is 0.258 e. The largest absolute Gasteiger partial charge is 0.497 e. The van der Waals surface area contributed by atoms with Gasteiger partial charge in [0.2, 0.25) is 5.91 Å². The third-order valence-electron chi connectivity index (χ3n) is 9.90. The molecule has 53 heavy (non-hydrogen) atoms. The van der Waals surface area contributed by atoms with Crippen LogP contribution in [0, 0.1) is 5.92 Å². The van der Waals surface area contributed by atoms with E-state index in [4.69, 9.17) is 18.9 Å². The molecule has 6 bridgehead atoms. The van der Waals surface area contributed by atoms with Gasteiger partial charge in [-0.2, -0.15) is 0 Å². The van der Waals surface area contributed by atoms with Crippen LogP contribution in [0.3, 0.4) is 0 Å². The summed E-state index contributed by atoms with van der Waals surface area (Å²) >= 11 is 0. The van der Waals surface area contributed by atoms with Gasteiger partial charge in [0.15, 0.2) is 6.61 Å². The number of piperidine rings is 1. The first-order valence-corrected chi connectivity index (χ1v) is 17.6. The zero-order valence-electron chi connectivity index (χ0n) is 29.6. The predicted octanol–water partition coefficient (Wildman–Crippen LogP) is 3.72. The van der Waals surface area contributed by atoms with E-state index in [-0.39, 0.29) is 55.8 Å². The van der Waals surface area contributed by atoms with Gasteiger partial charge in [-0.05, 0) is 66.9 Å². The molecule has 2 fully saturated rings. The Labute approximate surface area is 307 Å². The summed E-state index contributed by atoms with van der Waals surface area (Å²) in [5.41, 5.74) is 3.08. The fraction of sp³-hybridized carbons (Fsp3) is 0.325. The highest BCUT2D eigenvalue weighted by molar-refractivity contribution is 5.96. The van der Waals surface area contributed by atoms with Gasteiger partial charge >= 0.3 is 0 Å². The number of fused-ring (bicyclic) bond motifs is 7. The minimum absolute atomic E-state index is 0.0382.